The van der Waals surface area contributed by atoms with Crippen LogP contribution in [0.2, 0.25) is 0 Å². The molecule has 0 aliphatic carbocycles. The molecule has 0 aliphatic heterocycles. The summed E-state index contributed by atoms with van der Waals surface area (Å²) in [4.78, 5) is 8.75. The maximum Gasteiger partial charge on any atom is 0.0948 e. The molecule has 0 saturated carbocycles. The minimum Gasteiger partial charge on any atom is -0.332 e. The SMILES string of the molecule is Cc1csc(CCn2cncc2C(N)c2ccccc2)n1. The predicted octanol–water partition coefficient (Wildman–Crippen LogP) is 2.94. The average molecular weight is 298 g/mol. The lowest BCUT2D eigenvalue weighted by Crippen LogP contribution is -2.17. The molecule has 5 heteroatoms. The molecular weight excluding hydrogens is 280 g/mol. The van der Waals surface area contributed by atoms with E-state index in [0.29, 0.717) is 0 Å². The van der Waals surface area contributed by atoms with Gasteiger partial charge in [0.05, 0.1) is 29.3 Å². The van der Waals surface area contributed by atoms with Gasteiger partial charge in [0.25, 0.3) is 0 Å². The van der Waals surface area contributed by atoms with Gasteiger partial charge >= 0.3 is 0 Å². The van der Waals surface area contributed by atoms with Crippen LogP contribution < -0.4 is 5.73 Å². The van der Waals surface area contributed by atoms with Gasteiger partial charge in [0.15, 0.2) is 0 Å². The number of hydrogen-bond donors (Lipinski definition) is 1. The van der Waals surface area contributed by atoms with E-state index in [1.807, 2.05) is 49.8 Å². The summed E-state index contributed by atoms with van der Waals surface area (Å²) in [5.74, 6) is 0. The van der Waals surface area contributed by atoms with Crippen LogP contribution in [0.25, 0.3) is 0 Å². The maximum absolute atomic E-state index is 6.36. The molecule has 0 saturated heterocycles. The number of nitrogens with two attached hydrogens (primary N) is 1. The summed E-state index contributed by atoms with van der Waals surface area (Å²) < 4.78 is 2.12. The molecule has 21 heavy (non-hydrogen) atoms. The van der Waals surface area contributed by atoms with Crippen molar-refractivity contribution in [3.63, 3.8) is 0 Å². The molecular formula is C16H18N4S. The molecule has 0 radical (unpaired) electrons. The summed E-state index contributed by atoms with van der Waals surface area (Å²) in [5, 5.41) is 3.24. The van der Waals surface area contributed by atoms with Crippen LogP contribution in [0.15, 0.2) is 48.2 Å². The molecule has 4 nitrogen and oxygen atoms in total. The highest BCUT2D eigenvalue weighted by Crippen LogP contribution is 2.19. The van der Waals surface area contributed by atoms with Crippen LogP contribution in [0.4, 0.5) is 0 Å². The van der Waals surface area contributed by atoms with Crippen molar-refractivity contribution in [1.29, 1.82) is 0 Å². The smallest absolute Gasteiger partial charge is 0.0948 e. The second-order valence-corrected chi connectivity index (χ2v) is 5.98. The molecule has 3 aromatic rings. The number of aromatic nitrogens is 3. The van der Waals surface area contributed by atoms with Gasteiger partial charge in [-0.2, -0.15) is 0 Å². The predicted molar refractivity (Wildman–Crippen MR) is 85.3 cm³/mol. The van der Waals surface area contributed by atoms with Crippen LogP contribution in [-0.4, -0.2) is 14.5 Å². The van der Waals surface area contributed by atoms with E-state index >= 15 is 0 Å². The normalized spacial score (nSPS) is 12.5. The van der Waals surface area contributed by atoms with E-state index in [-0.39, 0.29) is 6.04 Å². The summed E-state index contributed by atoms with van der Waals surface area (Å²) in [7, 11) is 0. The number of benzene rings is 1. The average Bonchev–Trinajstić information content (AvgIpc) is 3.14. The number of aryl methyl sites for hydroxylation is 3. The molecule has 1 aromatic carbocycles. The first-order valence-electron chi connectivity index (χ1n) is 6.95. The molecule has 1 unspecified atom stereocenters. The molecule has 2 heterocycles. The van der Waals surface area contributed by atoms with E-state index < -0.39 is 0 Å². The van der Waals surface area contributed by atoms with E-state index in [2.05, 4.69) is 19.9 Å². The van der Waals surface area contributed by atoms with Gasteiger partial charge in [-0.25, -0.2) is 9.97 Å². The number of rotatable bonds is 5. The van der Waals surface area contributed by atoms with Crippen LogP contribution in [0.1, 0.15) is 28.0 Å². The highest BCUT2D eigenvalue weighted by atomic mass is 32.1. The Balaban J connectivity index is 1.74. The van der Waals surface area contributed by atoms with E-state index in [1.54, 1.807) is 11.3 Å². The second-order valence-electron chi connectivity index (χ2n) is 5.03. The van der Waals surface area contributed by atoms with E-state index in [9.17, 15) is 0 Å². The van der Waals surface area contributed by atoms with E-state index in [0.717, 1.165) is 34.9 Å². The van der Waals surface area contributed by atoms with Crippen LogP contribution >= 0.6 is 11.3 Å². The van der Waals surface area contributed by atoms with Gasteiger partial charge in [0, 0.05) is 24.0 Å². The lowest BCUT2D eigenvalue weighted by atomic mass is 10.1. The molecule has 108 valence electrons. The Labute approximate surface area is 128 Å². The van der Waals surface area contributed by atoms with Gasteiger partial charge < -0.3 is 10.3 Å². The number of imidazole rings is 1. The highest BCUT2D eigenvalue weighted by Gasteiger charge is 2.13. The summed E-state index contributed by atoms with van der Waals surface area (Å²) in [6.45, 7) is 2.87. The molecule has 0 bridgehead atoms. The minimum atomic E-state index is -0.147. The third-order valence-corrected chi connectivity index (χ3v) is 4.48. The van der Waals surface area contributed by atoms with Gasteiger partial charge in [-0.15, -0.1) is 11.3 Å². The summed E-state index contributed by atoms with van der Waals surface area (Å²) >= 11 is 1.71. The zero-order valence-electron chi connectivity index (χ0n) is 11.9. The van der Waals surface area contributed by atoms with Crippen LogP contribution in [0, 0.1) is 6.92 Å². The van der Waals surface area contributed by atoms with Crippen LogP contribution in [-0.2, 0) is 13.0 Å². The third-order valence-electron chi connectivity index (χ3n) is 3.45. The Bertz CT molecular complexity index is 702. The third kappa shape index (κ3) is 3.20. The van der Waals surface area contributed by atoms with Crippen molar-refractivity contribution in [3.05, 3.63) is 70.2 Å². The first kappa shape index (κ1) is 14.0. The Kier molecular flexibility index (Phi) is 4.13. The minimum absolute atomic E-state index is 0.147. The van der Waals surface area contributed by atoms with Crippen molar-refractivity contribution in [2.75, 3.05) is 0 Å². The molecule has 0 spiro atoms. The van der Waals surface area contributed by atoms with Crippen molar-refractivity contribution in [1.82, 2.24) is 14.5 Å². The Morgan fingerprint density at radius 1 is 1.29 bits per heavy atom. The summed E-state index contributed by atoms with van der Waals surface area (Å²) in [6, 6.07) is 9.96. The number of thiazole rings is 1. The summed E-state index contributed by atoms with van der Waals surface area (Å²) in [5.41, 5.74) is 9.58. The van der Waals surface area contributed by atoms with Gasteiger partial charge in [-0.3, -0.25) is 0 Å². The maximum atomic E-state index is 6.36. The Morgan fingerprint density at radius 3 is 2.81 bits per heavy atom. The van der Waals surface area contributed by atoms with Crippen molar-refractivity contribution in [2.45, 2.75) is 25.9 Å². The fourth-order valence-corrected chi connectivity index (χ4v) is 3.11. The topological polar surface area (TPSA) is 56.7 Å². The van der Waals surface area contributed by atoms with Crippen molar-refractivity contribution >= 4 is 11.3 Å². The lowest BCUT2D eigenvalue weighted by Gasteiger charge is -2.14. The first-order valence-corrected chi connectivity index (χ1v) is 7.83. The molecule has 2 aromatic heterocycles. The summed E-state index contributed by atoms with van der Waals surface area (Å²) in [6.07, 6.45) is 4.60. The van der Waals surface area contributed by atoms with Crippen LogP contribution in [0.3, 0.4) is 0 Å². The van der Waals surface area contributed by atoms with Gasteiger partial charge in [-0.1, -0.05) is 30.3 Å². The number of hydrogen-bond acceptors (Lipinski definition) is 4. The van der Waals surface area contributed by atoms with Crippen molar-refractivity contribution in [2.24, 2.45) is 5.73 Å². The molecule has 0 amide bonds. The Hall–Kier alpha value is -1.98. The van der Waals surface area contributed by atoms with Gasteiger partial charge in [0.2, 0.25) is 0 Å². The molecule has 3 rings (SSSR count). The molecule has 0 fully saturated rings. The molecule has 1 atom stereocenters. The van der Waals surface area contributed by atoms with Crippen molar-refractivity contribution < 1.29 is 0 Å². The standard InChI is InChI=1S/C16H18N4S/c1-12-10-21-15(19-12)7-8-20-11-18-9-14(20)16(17)13-5-3-2-4-6-13/h2-6,9-11,16H,7-8,17H2,1H3. The van der Waals surface area contributed by atoms with Gasteiger partial charge in [0.1, 0.15) is 0 Å². The fraction of sp³-hybridized carbons (Fsp3) is 0.250. The zero-order valence-corrected chi connectivity index (χ0v) is 12.8. The second kappa shape index (κ2) is 6.20. The highest BCUT2D eigenvalue weighted by molar-refractivity contribution is 7.09. The van der Waals surface area contributed by atoms with E-state index in [4.69, 9.17) is 5.73 Å². The molecule has 0 aliphatic rings. The van der Waals surface area contributed by atoms with Crippen molar-refractivity contribution in [3.8, 4) is 0 Å². The first-order chi connectivity index (χ1) is 10.2. The number of nitrogens with zero attached hydrogens (tertiary/aromatic N) is 3. The lowest BCUT2D eigenvalue weighted by molar-refractivity contribution is 0.634. The largest absolute Gasteiger partial charge is 0.332 e. The van der Waals surface area contributed by atoms with Crippen LogP contribution in [0.5, 0.6) is 0 Å². The Morgan fingerprint density at radius 2 is 2.10 bits per heavy atom. The monoisotopic (exact) mass is 298 g/mol. The van der Waals surface area contributed by atoms with Gasteiger partial charge in [-0.05, 0) is 12.5 Å². The quantitative estimate of drug-likeness (QED) is 0.788. The fourth-order valence-electron chi connectivity index (χ4n) is 2.34. The van der Waals surface area contributed by atoms with E-state index in [1.165, 1.54) is 0 Å². The zero-order chi connectivity index (χ0) is 14.7. The molecule has 2 N–H and O–H groups in total.